The molecule has 3 rings (SSSR count). The molecule has 1 heterocycles. The highest BCUT2D eigenvalue weighted by atomic mass is 79.9. The summed E-state index contributed by atoms with van der Waals surface area (Å²) in [6.07, 6.45) is 1.05. The van der Waals surface area contributed by atoms with Crippen molar-refractivity contribution in [2.24, 2.45) is 0 Å². The topological polar surface area (TPSA) is 51.7 Å². The van der Waals surface area contributed by atoms with Crippen LogP contribution in [0.15, 0.2) is 77.4 Å². The molecule has 1 unspecified atom stereocenters. The molecule has 3 aromatic rings. The molecule has 6 heteroatoms. The highest BCUT2D eigenvalue weighted by Crippen LogP contribution is 2.23. The van der Waals surface area contributed by atoms with Gasteiger partial charge in [-0.05, 0) is 67.6 Å². The molecule has 0 saturated carbocycles. The summed E-state index contributed by atoms with van der Waals surface area (Å²) in [5, 5.41) is 0. The fraction of sp³-hybridized carbons (Fsp3) is 0.182. The molecule has 2 aromatic carbocycles. The number of halogens is 1. The molecule has 0 fully saturated rings. The fourth-order valence-electron chi connectivity index (χ4n) is 2.70. The molecule has 144 valence electrons. The van der Waals surface area contributed by atoms with E-state index in [1.54, 1.807) is 49.4 Å². The number of benzene rings is 2. The summed E-state index contributed by atoms with van der Waals surface area (Å²) < 4.78 is 12.0. The molecule has 0 saturated heterocycles. The average molecular weight is 441 g/mol. The Kier molecular flexibility index (Phi) is 6.66. The first-order valence-electron chi connectivity index (χ1n) is 8.84. The Hall–Kier alpha value is -2.86. The molecule has 1 atom stereocenters. The molecule has 0 aliphatic heterocycles. The van der Waals surface area contributed by atoms with E-state index >= 15 is 0 Å². The number of carbonyl (C=O) groups is 1. The predicted octanol–water partition coefficient (Wildman–Crippen LogP) is 4.85. The standard InChI is InChI=1S/C22H21BrN2O3/c1-16(28-21-12-10-20(27-2)11-13-21)22(26)25(15-18-5-3-4-14-24-18)19-8-6-17(23)7-9-19/h3-14,16H,15H2,1-2H3. The minimum absolute atomic E-state index is 0.149. The molecule has 0 radical (unpaired) electrons. The Balaban J connectivity index is 1.80. The van der Waals surface area contributed by atoms with Crippen LogP contribution in [0.25, 0.3) is 0 Å². The zero-order valence-corrected chi connectivity index (χ0v) is 17.3. The van der Waals surface area contributed by atoms with Crippen LogP contribution in [0, 0.1) is 0 Å². The lowest BCUT2D eigenvalue weighted by atomic mass is 10.2. The third-order valence-electron chi connectivity index (χ3n) is 4.17. The van der Waals surface area contributed by atoms with Crippen LogP contribution in [0.1, 0.15) is 12.6 Å². The zero-order chi connectivity index (χ0) is 19.9. The van der Waals surface area contributed by atoms with Gasteiger partial charge in [0.2, 0.25) is 0 Å². The van der Waals surface area contributed by atoms with Crippen molar-refractivity contribution in [1.29, 1.82) is 0 Å². The van der Waals surface area contributed by atoms with E-state index in [1.807, 2.05) is 42.5 Å². The van der Waals surface area contributed by atoms with Crippen molar-refractivity contribution in [1.82, 2.24) is 4.98 Å². The number of hydrogen-bond donors (Lipinski definition) is 0. The Morgan fingerprint density at radius 2 is 1.71 bits per heavy atom. The van der Waals surface area contributed by atoms with Crippen molar-refractivity contribution in [2.45, 2.75) is 19.6 Å². The first-order valence-corrected chi connectivity index (χ1v) is 9.63. The zero-order valence-electron chi connectivity index (χ0n) is 15.7. The van der Waals surface area contributed by atoms with E-state index < -0.39 is 6.10 Å². The summed E-state index contributed by atoms with van der Waals surface area (Å²) in [5.41, 5.74) is 1.58. The number of pyridine rings is 1. The number of hydrogen-bond acceptors (Lipinski definition) is 4. The van der Waals surface area contributed by atoms with Gasteiger partial charge in [-0.3, -0.25) is 9.78 Å². The van der Waals surface area contributed by atoms with E-state index in [0.29, 0.717) is 12.3 Å². The maximum atomic E-state index is 13.2. The first-order chi connectivity index (χ1) is 13.6. The van der Waals surface area contributed by atoms with Gasteiger partial charge in [-0.25, -0.2) is 0 Å². The van der Waals surface area contributed by atoms with Crippen LogP contribution in [0.3, 0.4) is 0 Å². The normalized spacial score (nSPS) is 11.5. The van der Waals surface area contributed by atoms with Crippen molar-refractivity contribution in [3.8, 4) is 11.5 Å². The van der Waals surface area contributed by atoms with Crippen LogP contribution in [-0.2, 0) is 11.3 Å². The molecular weight excluding hydrogens is 420 g/mol. The van der Waals surface area contributed by atoms with E-state index in [4.69, 9.17) is 9.47 Å². The van der Waals surface area contributed by atoms with Gasteiger partial charge in [0.1, 0.15) is 11.5 Å². The second-order valence-electron chi connectivity index (χ2n) is 6.16. The van der Waals surface area contributed by atoms with Crippen LogP contribution in [0.5, 0.6) is 11.5 Å². The second-order valence-corrected chi connectivity index (χ2v) is 7.07. The monoisotopic (exact) mass is 440 g/mol. The summed E-state index contributed by atoms with van der Waals surface area (Å²) in [7, 11) is 1.61. The number of nitrogens with zero attached hydrogens (tertiary/aromatic N) is 2. The Morgan fingerprint density at radius 1 is 1.04 bits per heavy atom. The van der Waals surface area contributed by atoms with Gasteiger partial charge in [0.25, 0.3) is 5.91 Å². The van der Waals surface area contributed by atoms with Gasteiger partial charge in [0, 0.05) is 16.4 Å². The minimum Gasteiger partial charge on any atom is -0.497 e. The average Bonchev–Trinajstić information content (AvgIpc) is 2.73. The van der Waals surface area contributed by atoms with Crippen LogP contribution in [0.4, 0.5) is 5.69 Å². The molecule has 5 nitrogen and oxygen atoms in total. The lowest BCUT2D eigenvalue weighted by molar-refractivity contribution is -0.124. The van der Waals surface area contributed by atoms with Crippen molar-refractivity contribution < 1.29 is 14.3 Å². The highest BCUT2D eigenvalue weighted by Gasteiger charge is 2.24. The van der Waals surface area contributed by atoms with Gasteiger partial charge in [-0.2, -0.15) is 0 Å². The van der Waals surface area contributed by atoms with Crippen LogP contribution in [0.2, 0.25) is 0 Å². The van der Waals surface area contributed by atoms with Crippen molar-refractivity contribution in [3.63, 3.8) is 0 Å². The SMILES string of the molecule is COc1ccc(OC(C)C(=O)N(Cc2ccccn2)c2ccc(Br)cc2)cc1. The van der Waals surface area contributed by atoms with Crippen LogP contribution in [-0.4, -0.2) is 24.1 Å². The number of aromatic nitrogens is 1. The summed E-state index contributed by atoms with van der Waals surface area (Å²) in [5.74, 6) is 1.19. The second kappa shape index (κ2) is 9.37. The molecular formula is C22H21BrN2O3. The number of carbonyl (C=O) groups excluding carboxylic acids is 1. The largest absolute Gasteiger partial charge is 0.497 e. The highest BCUT2D eigenvalue weighted by molar-refractivity contribution is 9.10. The van der Waals surface area contributed by atoms with E-state index in [9.17, 15) is 4.79 Å². The number of methoxy groups -OCH3 is 1. The van der Waals surface area contributed by atoms with Gasteiger partial charge in [-0.1, -0.05) is 22.0 Å². The summed E-state index contributed by atoms with van der Waals surface area (Å²) in [6, 6.07) is 20.4. The fourth-order valence-corrected chi connectivity index (χ4v) is 2.96. The first kappa shape index (κ1) is 19.9. The number of anilines is 1. The van der Waals surface area contributed by atoms with E-state index in [2.05, 4.69) is 20.9 Å². The smallest absolute Gasteiger partial charge is 0.268 e. The predicted molar refractivity (Wildman–Crippen MR) is 113 cm³/mol. The molecule has 0 aliphatic carbocycles. The van der Waals surface area contributed by atoms with E-state index in [1.165, 1.54) is 0 Å². The maximum absolute atomic E-state index is 13.2. The van der Waals surface area contributed by atoms with Crippen molar-refractivity contribution >= 4 is 27.5 Å². The Labute approximate surface area is 173 Å². The number of amides is 1. The van der Waals surface area contributed by atoms with Gasteiger partial charge in [0.15, 0.2) is 6.10 Å². The maximum Gasteiger partial charge on any atom is 0.268 e. The van der Waals surface area contributed by atoms with Crippen molar-refractivity contribution in [3.05, 3.63) is 83.1 Å². The molecule has 0 bridgehead atoms. The Morgan fingerprint density at radius 3 is 2.32 bits per heavy atom. The minimum atomic E-state index is -0.666. The molecule has 0 aliphatic rings. The molecule has 0 N–H and O–H groups in total. The molecule has 1 amide bonds. The quantitative estimate of drug-likeness (QED) is 0.526. The van der Waals surface area contributed by atoms with Gasteiger partial charge < -0.3 is 14.4 Å². The van der Waals surface area contributed by atoms with Gasteiger partial charge in [0.05, 0.1) is 19.3 Å². The van der Waals surface area contributed by atoms with E-state index in [-0.39, 0.29) is 5.91 Å². The summed E-state index contributed by atoms with van der Waals surface area (Å²) in [6.45, 7) is 2.11. The summed E-state index contributed by atoms with van der Waals surface area (Å²) in [4.78, 5) is 19.2. The van der Waals surface area contributed by atoms with Crippen molar-refractivity contribution in [2.75, 3.05) is 12.0 Å². The van der Waals surface area contributed by atoms with Gasteiger partial charge >= 0.3 is 0 Å². The van der Waals surface area contributed by atoms with E-state index in [0.717, 1.165) is 21.6 Å². The van der Waals surface area contributed by atoms with Crippen LogP contribution < -0.4 is 14.4 Å². The lowest BCUT2D eigenvalue weighted by Crippen LogP contribution is -2.40. The third kappa shape index (κ3) is 5.10. The number of rotatable bonds is 7. The van der Waals surface area contributed by atoms with Gasteiger partial charge in [-0.15, -0.1) is 0 Å². The molecule has 28 heavy (non-hydrogen) atoms. The number of ether oxygens (including phenoxy) is 2. The summed E-state index contributed by atoms with van der Waals surface area (Å²) >= 11 is 3.43. The Bertz CT molecular complexity index is 899. The lowest BCUT2D eigenvalue weighted by Gasteiger charge is -2.26. The third-order valence-corrected chi connectivity index (χ3v) is 4.70. The molecule has 1 aromatic heterocycles. The van der Waals surface area contributed by atoms with Crippen LogP contribution >= 0.6 is 15.9 Å². The molecule has 0 spiro atoms.